The van der Waals surface area contributed by atoms with Crippen molar-refractivity contribution in [2.24, 2.45) is 17.3 Å². The lowest BCUT2D eigenvalue weighted by Gasteiger charge is -2.11. The van der Waals surface area contributed by atoms with Crippen molar-refractivity contribution >= 4 is 29.2 Å². The average Bonchev–Trinajstić information content (AvgIpc) is 3.22. The van der Waals surface area contributed by atoms with Gasteiger partial charge >= 0.3 is 5.97 Å². The molecular weight excluding hydrogens is 450 g/mol. The minimum atomic E-state index is -2.23. The van der Waals surface area contributed by atoms with Gasteiger partial charge < -0.3 is 4.74 Å². The Morgan fingerprint density at radius 3 is 2.17 bits per heavy atom. The smallest absolute Gasteiger partial charge is 0.310 e. The molecular formula is C21H15Cl2F5O2. The summed E-state index contributed by atoms with van der Waals surface area (Å²) in [5.74, 6) is -11.4. The molecule has 0 bridgehead atoms. The third-order valence-corrected chi connectivity index (χ3v) is 5.53. The van der Waals surface area contributed by atoms with E-state index in [1.165, 1.54) is 24.3 Å². The Morgan fingerprint density at radius 1 is 1.03 bits per heavy atom. The van der Waals surface area contributed by atoms with Gasteiger partial charge in [-0.05, 0) is 34.6 Å². The molecule has 1 fully saturated rings. The first-order valence-electron chi connectivity index (χ1n) is 8.77. The molecule has 1 aliphatic rings. The molecule has 2 aromatic carbocycles. The standard InChI is InChI=1S/C21H15Cl2F5O2/c1-21(2)11(7-12(22)23)14(21)20(29)30-8-9-4-3-5-10(6-9)13-15(24)17(26)19(28)18(27)16(13)25/h3-7,11,14H,8H2,1-2H3/t11-,14+/m0/s1. The number of allylic oxidation sites excluding steroid dienone is 1. The molecule has 0 N–H and O–H groups in total. The van der Waals surface area contributed by atoms with Gasteiger partial charge in [0.15, 0.2) is 23.3 Å². The molecule has 30 heavy (non-hydrogen) atoms. The van der Waals surface area contributed by atoms with Crippen molar-refractivity contribution in [2.45, 2.75) is 20.5 Å². The normalized spacial score (nSPS) is 19.4. The zero-order valence-corrected chi connectivity index (χ0v) is 17.2. The zero-order chi connectivity index (χ0) is 22.4. The Hall–Kier alpha value is -2.12. The quantitative estimate of drug-likeness (QED) is 0.213. The number of esters is 1. The summed E-state index contributed by atoms with van der Waals surface area (Å²) in [5.41, 5.74) is -1.38. The summed E-state index contributed by atoms with van der Waals surface area (Å²) in [6.07, 6.45) is 1.55. The minimum absolute atomic E-state index is 0.0406. The molecule has 0 spiro atoms. The van der Waals surface area contributed by atoms with Crippen molar-refractivity contribution in [3.05, 3.63) is 69.5 Å². The Labute approximate surface area is 179 Å². The predicted octanol–water partition coefficient (Wildman–Crippen LogP) is 6.68. The van der Waals surface area contributed by atoms with Crippen molar-refractivity contribution in [1.82, 2.24) is 0 Å². The SMILES string of the molecule is CC1(C)[C@@H](C=C(Cl)Cl)[C@@H]1C(=O)OCc1cccc(-c2c(F)c(F)c(F)c(F)c2F)c1. The van der Waals surface area contributed by atoms with Crippen molar-refractivity contribution in [2.75, 3.05) is 0 Å². The van der Waals surface area contributed by atoms with Crippen LogP contribution in [0.3, 0.4) is 0 Å². The monoisotopic (exact) mass is 464 g/mol. The van der Waals surface area contributed by atoms with Gasteiger partial charge in [-0.25, -0.2) is 22.0 Å². The number of carbonyl (C=O) groups is 1. The van der Waals surface area contributed by atoms with Crippen LogP contribution in [0.25, 0.3) is 11.1 Å². The van der Waals surface area contributed by atoms with E-state index in [1.54, 1.807) is 6.08 Å². The summed E-state index contributed by atoms with van der Waals surface area (Å²) < 4.78 is 73.6. The van der Waals surface area contributed by atoms with Gasteiger partial charge in [0, 0.05) is 0 Å². The highest BCUT2D eigenvalue weighted by Gasteiger charge is 2.61. The predicted molar refractivity (Wildman–Crippen MR) is 102 cm³/mol. The summed E-state index contributed by atoms with van der Waals surface area (Å²) >= 11 is 11.3. The van der Waals surface area contributed by atoms with E-state index in [0.29, 0.717) is 5.56 Å². The molecule has 0 unspecified atom stereocenters. The molecule has 0 amide bonds. The molecule has 0 saturated heterocycles. The molecule has 0 aromatic heterocycles. The Bertz CT molecular complexity index is 1020. The highest BCUT2D eigenvalue weighted by molar-refractivity contribution is 6.55. The molecule has 1 saturated carbocycles. The fraction of sp³-hybridized carbons (Fsp3) is 0.286. The van der Waals surface area contributed by atoms with E-state index in [1.807, 2.05) is 13.8 Å². The fourth-order valence-electron chi connectivity index (χ4n) is 3.49. The fourth-order valence-corrected chi connectivity index (χ4v) is 3.77. The maximum absolute atomic E-state index is 14.0. The third-order valence-electron chi connectivity index (χ3n) is 5.28. The van der Waals surface area contributed by atoms with Gasteiger partial charge in [-0.1, -0.05) is 55.2 Å². The van der Waals surface area contributed by atoms with E-state index >= 15 is 0 Å². The molecule has 2 atom stereocenters. The van der Waals surface area contributed by atoms with Crippen molar-refractivity contribution < 1.29 is 31.5 Å². The van der Waals surface area contributed by atoms with Crippen LogP contribution in [0.5, 0.6) is 0 Å². The van der Waals surface area contributed by atoms with Crippen LogP contribution in [-0.2, 0) is 16.1 Å². The maximum Gasteiger partial charge on any atom is 0.310 e. The van der Waals surface area contributed by atoms with Gasteiger partial charge in [-0.3, -0.25) is 4.79 Å². The summed E-state index contributed by atoms with van der Waals surface area (Å²) in [6.45, 7) is 3.45. The third kappa shape index (κ3) is 4.05. The number of carbonyl (C=O) groups excluding carboxylic acids is 1. The first-order valence-corrected chi connectivity index (χ1v) is 9.52. The number of hydrogen-bond acceptors (Lipinski definition) is 2. The van der Waals surface area contributed by atoms with Gasteiger partial charge in [0.05, 0.1) is 11.5 Å². The Balaban J connectivity index is 1.80. The highest BCUT2D eigenvalue weighted by Crippen LogP contribution is 2.60. The average molecular weight is 465 g/mol. The van der Waals surface area contributed by atoms with Crippen LogP contribution in [0.4, 0.5) is 22.0 Å². The van der Waals surface area contributed by atoms with Crippen LogP contribution in [0.1, 0.15) is 19.4 Å². The van der Waals surface area contributed by atoms with E-state index in [-0.39, 0.29) is 22.6 Å². The second-order valence-electron chi connectivity index (χ2n) is 7.53. The van der Waals surface area contributed by atoms with Crippen molar-refractivity contribution in [3.8, 4) is 11.1 Å². The Kier molecular flexibility index (Phi) is 6.16. The molecule has 9 heteroatoms. The molecule has 160 valence electrons. The van der Waals surface area contributed by atoms with Crippen LogP contribution in [0, 0.1) is 46.3 Å². The van der Waals surface area contributed by atoms with Gasteiger partial charge in [0.1, 0.15) is 11.1 Å². The molecule has 1 aliphatic carbocycles. The summed E-state index contributed by atoms with van der Waals surface area (Å²) in [4.78, 5) is 12.4. The van der Waals surface area contributed by atoms with Crippen molar-refractivity contribution in [1.29, 1.82) is 0 Å². The number of benzene rings is 2. The number of rotatable bonds is 5. The van der Waals surface area contributed by atoms with E-state index in [2.05, 4.69) is 0 Å². The summed E-state index contributed by atoms with van der Waals surface area (Å²) in [5, 5.41) is 0. The van der Waals surface area contributed by atoms with Crippen LogP contribution in [0.15, 0.2) is 34.8 Å². The highest BCUT2D eigenvalue weighted by atomic mass is 35.5. The molecule has 2 nitrogen and oxygen atoms in total. The van der Waals surface area contributed by atoms with Crippen LogP contribution in [-0.4, -0.2) is 5.97 Å². The van der Waals surface area contributed by atoms with Crippen LogP contribution in [0.2, 0.25) is 0 Å². The summed E-state index contributed by atoms with van der Waals surface area (Å²) in [6, 6.07) is 5.23. The lowest BCUT2D eigenvalue weighted by molar-refractivity contribution is -0.147. The molecule has 2 aromatic rings. The topological polar surface area (TPSA) is 26.3 Å². The number of hydrogen-bond donors (Lipinski definition) is 0. The van der Waals surface area contributed by atoms with Gasteiger partial charge in [-0.2, -0.15) is 0 Å². The second-order valence-corrected chi connectivity index (χ2v) is 8.54. The van der Waals surface area contributed by atoms with E-state index in [0.717, 1.165) is 0 Å². The largest absolute Gasteiger partial charge is 0.461 e. The van der Waals surface area contributed by atoms with Gasteiger partial charge in [0.2, 0.25) is 5.82 Å². The molecule has 3 rings (SSSR count). The molecule has 0 aliphatic heterocycles. The van der Waals surface area contributed by atoms with Gasteiger partial charge in [-0.15, -0.1) is 0 Å². The Morgan fingerprint density at radius 2 is 1.60 bits per heavy atom. The number of ether oxygens (including phenoxy) is 1. The minimum Gasteiger partial charge on any atom is -0.461 e. The zero-order valence-electron chi connectivity index (χ0n) is 15.7. The first kappa shape index (κ1) is 22.6. The van der Waals surface area contributed by atoms with Gasteiger partial charge in [0.25, 0.3) is 0 Å². The second kappa shape index (κ2) is 8.19. The van der Waals surface area contributed by atoms with Crippen LogP contribution < -0.4 is 0 Å². The molecule has 0 heterocycles. The van der Waals surface area contributed by atoms with Crippen LogP contribution >= 0.6 is 23.2 Å². The maximum atomic E-state index is 14.0. The van der Waals surface area contributed by atoms with E-state index in [4.69, 9.17) is 27.9 Å². The number of halogens is 7. The lowest BCUT2D eigenvalue weighted by Crippen LogP contribution is -2.10. The van der Waals surface area contributed by atoms with E-state index < -0.39 is 52.0 Å². The summed E-state index contributed by atoms with van der Waals surface area (Å²) in [7, 11) is 0. The molecule has 0 radical (unpaired) electrons. The van der Waals surface area contributed by atoms with Crippen molar-refractivity contribution in [3.63, 3.8) is 0 Å². The lowest BCUT2D eigenvalue weighted by atomic mass is 10.0. The first-order chi connectivity index (χ1) is 14.0. The van der Waals surface area contributed by atoms with E-state index in [9.17, 15) is 26.7 Å².